The third-order valence-corrected chi connectivity index (χ3v) is 2.87. The lowest BCUT2D eigenvalue weighted by atomic mass is 9.77. The predicted molar refractivity (Wildman–Crippen MR) is 64.9 cm³/mol. The molecule has 5 nitrogen and oxygen atoms in total. The summed E-state index contributed by atoms with van der Waals surface area (Å²) in [5, 5.41) is 17.8. The van der Waals surface area contributed by atoms with E-state index in [9.17, 15) is 9.59 Å². The second-order valence-electron chi connectivity index (χ2n) is 4.43. The van der Waals surface area contributed by atoms with Crippen LogP contribution in [0, 0.1) is 0 Å². The van der Waals surface area contributed by atoms with Gasteiger partial charge in [0, 0.05) is 5.41 Å². The molecule has 1 rings (SSSR count). The van der Waals surface area contributed by atoms with Crippen molar-refractivity contribution in [2.75, 3.05) is 7.11 Å². The Kier molecular flexibility index (Phi) is 4.31. The van der Waals surface area contributed by atoms with Gasteiger partial charge in [0.2, 0.25) is 0 Å². The van der Waals surface area contributed by atoms with Crippen molar-refractivity contribution < 1.29 is 24.5 Å². The summed E-state index contributed by atoms with van der Waals surface area (Å²) in [7, 11) is 1.53. The SMILES string of the molecule is COc1ccc(C(C)(CC(=O)O)CC(=O)O)cc1. The molecule has 0 heterocycles. The average molecular weight is 252 g/mol. The van der Waals surface area contributed by atoms with Crippen LogP contribution in [-0.4, -0.2) is 29.3 Å². The fourth-order valence-electron chi connectivity index (χ4n) is 1.93. The molecule has 0 aliphatic rings. The molecule has 0 spiro atoms. The molecule has 0 fully saturated rings. The maximum Gasteiger partial charge on any atom is 0.304 e. The summed E-state index contributed by atoms with van der Waals surface area (Å²) in [4.78, 5) is 21.8. The summed E-state index contributed by atoms with van der Waals surface area (Å²) in [6.07, 6.45) is -0.461. The lowest BCUT2D eigenvalue weighted by Crippen LogP contribution is -2.28. The fourth-order valence-corrected chi connectivity index (χ4v) is 1.93. The van der Waals surface area contributed by atoms with Crippen LogP contribution < -0.4 is 4.74 Å². The van der Waals surface area contributed by atoms with E-state index in [1.165, 1.54) is 7.11 Å². The Balaban J connectivity index is 3.07. The molecule has 0 aliphatic heterocycles. The van der Waals surface area contributed by atoms with Crippen LogP contribution in [0.3, 0.4) is 0 Å². The lowest BCUT2D eigenvalue weighted by molar-refractivity contribution is -0.141. The molecular weight excluding hydrogens is 236 g/mol. The highest BCUT2D eigenvalue weighted by Gasteiger charge is 2.32. The van der Waals surface area contributed by atoms with Gasteiger partial charge in [0.25, 0.3) is 0 Å². The molecule has 18 heavy (non-hydrogen) atoms. The third kappa shape index (κ3) is 3.48. The molecule has 0 atom stereocenters. The van der Waals surface area contributed by atoms with Crippen LogP contribution >= 0.6 is 0 Å². The standard InChI is InChI=1S/C13H16O5/c1-13(7-11(14)15,8-12(16)17)9-3-5-10(18-2)6-4-9/h3-6H,7-8H2,1-2H3,(H,14,15)(H,16,17). The molecule has 0 bridgehead atoms. The van der Waals surface area contributed by atoms with Crippen molar-refractivity contribution >= 4 is 11.9 Å². The van der Waals surface area contributed by atoms with Gasteiger partial charge in [-0.3, -0.25) is 9.59 Å². The van der Waals surface area contributed by atoms with Gasteiger partial charge in [0.15, 0.2) is 0 Å². The summed E-state index contributed by atoms with van der Waals surface area (Å²) in [6.45, 7) is 1.64. The van der Waals surface area contributed by atoms with E-state index in [4.69, 9.17) is 14.9 Å². The van der Waals surface area contributed by atoms with Crippen LogP contribution in [0.5, 0.6) is 5.75 Å². The summed E-state index contributed by atoms with van der Waals surface area (Å²) < 4.78 is 5.01. The topological polar surface area (TPSA) is 83.8 Å². The summed E-state index contributed by atoms with van der Waals surface area (Å²) in [6, 6.07) is 6.78. The molecule has 1 aromatic rings. The minimum absolute atomic E-state index is 0.231. The molecule has 0 saturated carbocycles. The molecular formula is C13H16O5. The number of rotatable bonds is 6. The highest BCUT2D eigenvalue weighted by Crippen LogP contribution is 2.32. The maximum atomic E-state index is 10.9. The molecule has 2 N–H and O–H groups in total. The van der Waals surface area contributed by atoms with Crippen molar-refractivity contribution in [3.63, 3.8) is 0 Å². The number of hydrogen-bond acceptors (Lipinski definition) is 3. The van der Waals surface area contributed by atoms with Crippen LogP contribution in [0.15, 0.2) is 24.3 Å². The van der Waals surface area contributed by atoms with Gasteiger partial charge in [0.1, 0.15) is 5.75 Å². The predicted octanol–water partition coefficient (Wildman–Crippen LogP) is 1.90. The number of carbonyl (C=O) groups is 2. The smallest absolute Gasteiger partial charge is 0.304 e. The normalized spacial score (nSPS) is 11.0. The van der Waals surface area contributed by atoms with Crippen LogP contribution in [0.1, 0.15) is 25.3 Å². The number of ether oxygens (including phenoxy) is 1. The third-order valence-electron chi connectivity index (χ3n) is 2.87. The Bertz CT molecular complexity index is 419. The van der Waals surface area contributed by atoms with Gasteiger partial charge in [-0.2, -0.15) is 0 Å². The van der Waals surface area contributed by atoms with Crippen LogP contribution in [0.4, 0.5) is 0 Å². The minimum Gasteiger partial charge on any atom is -0.497 e. The first kappa shape index (κ1) is 14.0. The molecule has 0 radical (unpaired) electrons. The first-order valence-electron chi connectivity index (χ1n) is 5.45. The Morgan fingerprint density at radius 2 is 1.56 bits per heavy atom. The van der Waals surface area contributed by atoms with Gasteiger partial charge in [-0.25, -0.2) is 0 Å². The zero-order chi connectivity index (χ0) is 13.8. The van der Waals surface area contributed by atoms with Crippen molar-refractivity contribution in [3.05, 3.63) is 29.8 Å². The number of carboxylic acids is 2. The van der Waals surface area contributed by atoms with Gasteiger partial charge in [-0.1, -0.05) is 19.1 Å². The van der Waals surface area contributed by atoms with E-state index < -0.39 is 17.4 Å². The Morgan fingerprint density at radius 3 is 1.89 bits per heavy atom. The number of carboxylic acid groups (broad SMARTS) is 2. The summed E-state index contributed by atoms with van der Waals surface area (Å²) in [5.74, 6) is -1.39. The van der Waals surface area contributed by atoms with Gasteiger partial charge in [0.05, 0.1) is 20.0 Å². The largest absolute Gasteiger partial charge is 0.497 e. The van der Waals surface area contributed by atoms with E-state index >= 15 is 0 Å². The fraction of sp³-hybridized carbons (Fsp3) is 0.385. The zero-order valence-electron chi connectivity index (χ0n) is 10.3. The van der Waals surface area contributed by atoms with Crippen molar-refractivity contribution in [2.45, 2.75) is 25.2 Å². The molecule has 0 unspecified atom stereocenters. The van der Waals surface area contributed by atoms with E-state index in [0.717, 1.165) is 0 Å². The van der Waals surface area contributed by atoms with Gasteiger partial charge >= 0.3 is 11.9 Å². The molecule has 1 aromatic carbocycles. The molecule has 0 saturated heterocycles. The highest BCUT2D eigenvalue weighted by atomic mass is 16.5. The molecule has 0 aromatic heterocycles. The van der Waals surface area contributed by atoms with E-state index in [-0.39, 0.29) is 12.8 Å². The van der Waals surface area contributed by atoms with E-state index in [1.807, 2.05) is 0 Å². The Labute approximate surface area is 105 Å². The van der Waals surface area contributed by atoms with Crippen LogP contribution in [-0.2, 0) is 15.0 Å². The van der Waals surface area contributed by atoms with Crippen LogP contribution in [0.25, 0.3) is 0 Å². The van der Waals surface area contributed by atoms with Crippen LogP contribution in [0.2, 0.25) is 0 Å². The van der Waals surface area contributed by atoms with Gasteiger partial charge < -0.3 is 14.9 Å². The molecule has 98 valence electrons. The number of benzene rings is 1. The average Bonchev–Trinajstić information content (AvgIpc) is 2.27. The second kappa shape index (κ2) is 5.53. The Morgan fingerprint density at radius 1 is 1.11 bits per heavy atom. The summed E-state index contributed by atoms with van der Waals surface area (Å²) >= 11 is 0. The van der Waals surface area contributed by atoms with Gasteiger partial charge in [-0.05, 0) is 17.7 Å². The molecule has 5 heteroatoms. The summed E-state index contributed by atoms with van der Waals surface area (Å²) in [5.41, 5.74) is -0.252. The highest BCUT2D eigenvalue weighted by molar-refractivity contribution is 5.74. The Hall–Kier alpha value is -2.04. The molecule has 0 amide bonds. The first-order chi connectivity index (χ1) is 8.37. The van der Waals surface area contributed by atoms with Crippen molar-refractivity contribution in [3.8, 4) is 5.75 Å². The number of hydrogen-bond donors (Lipinski definition) is 2. The number of methoxy groups -OCH3 is 1. The molecule has 0 aliphatic carbocycles. The first-order valence-corrected chi connectivity index (χ1v) is 5.45. The van der Waals surface area contributed by atoms with Crippen molar-refractivity contribution in [1.82, 2.24) is 0 Å². The monoisotopic (exact) mass is 252 g/mol. The van der Waals surface area contributed by atoms with Gasteiger partial charge in [-0.15, -0.1) is 0 Å². The second-order valence-corrected chi connectivity index (χ2v) is 4.43. The maximum absolute atomic E-state index is 10.9. The minimum atomic E-state index is -1.02. The van der Waals surface area contributed by atoms with Crippen molar-refractivity contribution in [2.24, 2.45) is 0 Å². The van der Waals surface area contributed by atoms with Crippen molar-refractivity contribution in [1.29, 1.82) is 0 Å². The van der Waals surface area contributed by atoms with E-state index in [2.05, 4.69) is 0 Å². The number of aliphatic carboxylic acids is 2. The van der Waals surface area contributed by atoms with E-state index in [1.54, 1.807) is 31.2 Å². The zero-order valence-corrected chi connectivity index (χ0v) is 10.3. The quantitative estimate of drug-likeness (QED) is 0.807. The van der Waals surface area contributed by atoms with E-state index in [0.29, 0.717) is 11.3 Å². The lowest BCUT2D eigenvalue weighted by Gasteiger charge is -2.26.